The quantitative estimate of drug-likeness (QED) is 0.706. The summed E-state index contributed by atoms with van der Waals surface area (Å²) in [5.41, 5.74) is 13.1. The molecule has 2 atom stereocenters. The summed E-state index contributed by atoms with van der Waals surface area (Å²) >= 11 is 0. The van der Waals surface area contributed by atoms with Crippen LogP contribution in [-0.4, -0.2) is 36.8 Å². The fourth-order valence-electron chi connectivity index (χ4n) is 2.57. The zero-order valence-corrected chi connectivity index (χ0v) is 11.0. The number of aliphatic hydroxyl groups excluding tert-OH is 1. The number of carbonyl (C=O) groups is 1. The van der Waals surface area contributed by atoms with Gasteiger partial charge in [0.2, 0.25) is 5.91 Å². The number of fused-ring (bicyclic) bond motifs is 1. The number of anilines is 1. The Labute approximate surface area is 113 Å². The Bertz CT molecular complexity index is 450. The third-order valence-electron chi connectivity index (χ3n) is 3.57. The Morgan fingerprint density at radius 2 is 2.16 bits per heavy atom. The van der Waals surface area contributed by atoms with E-state index in [1.165, 1.54) is 5.56 Å². The smallest absolute Gasteiger partial charge is 0.229 e. The van der Waals surface area contributed by atoms with Crippen LogP contribution in [0.25, 0.3) is 0 Å². The lowest BCUT2D eigenvalue weighted by Gasteiger charge is -2.19. The first kappa shape index (κ1) is 14.0. The molecule has 1 aliphatic rings. The minimum Gasteiger partial charge on any atom is -0.391 e. The molecule has 5 heteroatoms. The number of nitrogens with zero attached hydrogens (tertiary/aromatic N) is 1. The van der Waals surface area contributed by atoms with E-state index in [1.807, 2.05) is 24.3 Å². The van der Waals surface area contributed by atoms with Crippen molar-refractivity contribution in [1.29, 1.82) is 0 Å². The van der Waals surface area contributed by atoms with Gasteiger partial charge in [-0.1, -0.05) is 18.2 Å². The van der Waals surface area contributed by atoms with Crippen LogP contribution in [0.5, 0.6) is 0 Å². The molecule has 104 valence electrons. The topological polar surface area (TPSA) is 92.6 Å². The summed E-state index contributed by atoms with van der Waals surface area (Å²) in [7, 11) is 0. The lowest BCUT2D eigenvalue weighted by Crippen LogP contribution is -2.34. The van der Waals surface area contributed by atoms with Crippen molar-refractivity contribution >= 4 is 11.6 Å². The molecule has 0 saturated carbocycles. The van der Waals surface area contributed by atoms with Gasteiger partial charge in [0.1, 0.15) is 0 Å². The van der Waals surface area contributed by atoms with Crippen LogP contribution in [0.2, 0.25) is 0 Å². The number of carbonyl (C=O) groups excluding carboxylic acids is 1. The predicted octanol–water partition coefficient (Wildman–Crippen LogP) is 0.175. The molecule has 1 aromatic carbocycles. The van der Waals surface area contributed by atoms with Crippen molar-refractivity contribution in [2.75, 3.05) is 24.5 Å². The lowest BCUT2D eigenvalue weighted by atomic mass is 9.98. The zero-order chi connectivity index (χ0) is 13.8. The van der Waals surface area contributed by atoms with Crippen LogP contribution in [0.4, 0.5) is 5.69 Å². The summed E-state index contributed by atoms with van der Waals surface area (Å²) in [5.74, 6) is 0.213. The third-order valence-corrected chi connectivity index (χ3v) is 3.57. The molecule has 2 unspecified atom stereocenters. The van der Waals surface area contributed by atoms with Crippen LogP contribution in [0, 0.1) is 0 Å². The molecule has 19 heavy (non-hydrogen) atoms. The maximum atomic E-state index is 12.2. The van der Waals surface area contributed by atoms with E-state index < -0.39 is 6.10 Å². The van der Waals surface area contributed by atoms with Crippen LogP contribution < -0.4 is 16.4 Å². The van der Waals surface area contributed by atoms with Crippen LogP contribution in [0.1, 0.15) is 24.3 Å². The molecule has 0 fully saturated rings. The summed E-state index contributed by atoms with van der Waals surface area (Å²) in [4.78, 5) is 14.0. The number of amides is 1. The summed E-state index contributed by atoms with van der Waals surface area (Å²) in [5, 5.41) is 9.51. The molecule has 1 amide bonds. The van der Waals surface area contributed by atoms with Gasteiger partial charge in [0.15, 0.2) is 0 Å². The van der Waals surface area contributed by atoms with Crippen LogP contribution in [-0.2, 0) is 4.79 Å². The number of nitrogens with two attached hydrogens (primary N) is 2. The van der Waals surface area contributed by atoms with Crippen molar-refractivity contribution in [2.24, 2.45) is 11.5 Å². The summed E-state index contributed by atoms with van der Waals surface area (Å²) in [6.07, 6.45) is 0.161. The third kappa shape index (κ3) is 2.94. The van der Waals surface area contributed by atoms with Crippen molar-refractivity contribution in [3.05, 3.63) is 29.8 Å². The number of aliphatic hydroxyl groups is 1. The first-order chi connectivity index (χ1) is 9.17. The second-order valence-corrected chi connectivity index (χ2v) is 4.93. The minimum atomic E-state index is -0.770. The van der Waals surface area contributed by atoms with Crippen LogP contribution in [0.15, 0.2) is 24.3 Å². The standard InChI is InChI=1S/C14H21N3O2/c15-6-5-10-9-17(14(19)7-11(18)8-16)13-4-2-1-3-12(10)13/h1-4,10-11,18H,5-9,15-16H2. The van der Waals surface area contributed by atoms with E-state index in [0.717, 1.165) is 12.1 Å². The van der Waals surface area contributed by atoms with Crippen molar-refractivity contribution in [1.82, 2.24) is 0 Å². The normalized spacial score (nSPS) is 19.3. The van der Waals surface area contributed by atoms with Gasteiger partial charge >= 0.3 is 0 Å². The average Bonchev–Trinajstić information content (AvgIpc) is 2.78. The van der Waals surface area contributed by atoms with Crippen molar-refractivity contribution < 1.29 is 9.90 Å². The van der Waals surface area contributed by atoms with Gasteiger partial charge in [-0.3, -0.25) is 4.79 Å². The molecular weight excluding hydrogens is 242 g/mol. The van der Waals surface area contributed by atoms with Crippen LogP contribution in [0.3, 0.4) is 0 Å². The number of rotatable bonds is 5. The van der Waals surface area contributed by atoms with Gasteiger partial charge in [-0.15, -0.1) is 0 Å². The molecule has 0 spiro atoms. The SMILES string of the molecule is NCCC1CN(C(=O)CC(O)CN)c2ccccc21. The Balaban J connectivity index is 2.17. The molecule has 2 rings (SSSR count). The number of hydrogen-bond acceptors (Lipinski definition) is 4. The maximum absolute atomic E-state index is 12.2. The highest BCUT2D eigenvalue weighted by Crippen LogP contribution is 2.37. The second kappa shape index (κ2) is 6.14. The highest BCUT2D eigenvalue weighted by molar-refractivity contribution is 5.96. The van der Waals surface area contributed by atoms with Gasteiger partial charge in [-0.05, 0) is 24.6 Å². The zero-order valence-electron chi connectivity index (χ0n) is 11.0. The fourth-order valence-corrected chi connectivity index (χ4v) is 2.57. The van der Waals surface area contributed by atoms with E-state index in [9.17, 15) is 9.90 Å². The monoisotopic (exact) mass is 263 g/mol. The molecule has 5 nitrogen and oxygen atoms in total. The summed E-state index contributed by atoms with van der Waals surface area (Å²) in [6.45, 7) is 1.35. The van der Waals surface area contributed by atoms with Gasteiger partial charge in [-0.25, -0.2) is 0 Å². The highest BCUT2D eigenvalue weighted by atomic mass is 16.3. The molecule has 0 aromatic heterocycles. The molecule has 0 saturated heterocycles. The van der Waals surface area contributed by atoms with Gasteiger partial charge < -0.3 is 21.5 Å². The Morgan fingerprint density at radius 1 is 1.42 bits per heavy atom. The molecule has 5 N–H and O–H groups in total. The van der Waals surface area contributed by atoms with E-state index in [-0.39, 0.29) is 18.9 Å². The first-order valence-corrected chi connectivity index (χ1v) is 6.64. The maximum Gasteiger partial charge on any atom is 0.229 e. The largest absolute Gasteiger partial charge is 0.391 e. The Kier molecular flexibility index (Phi) is 4.52. The molecule has 0 bridgehead atoms. The second-order valence-electron chi connectivity index (χ2n) is 4.93. The van der Waals surface area contributed by atoms with E-state index >= 15 is 0 Å². The van der Waals surface area contributed by atoms with Crippen molar-refractivity contribution in [2.45, 2.75) is 24.9 Å². The molecule has 0 radical (unpaired) electrons. The van der Waals surface area contributed by atoms with Gasteiger partial charge in [0.25, 0.3) is 0 Å². The van der Waals surface area contributed by atoms with E-state index in [4.69, 9.17) is 11.5 Å². The van der Waals surface area contributed by atoms with Gasteiger partial charge in [0, 0.05) is 24.7 Å². The summed E-state index contributed by atoms with van der Waals surface area (Å²) in [6, 6.07) is 7.88. The Hall–Kier alpha value is -1.43. The van der Waals surface area contributed by atoms with Crippen LogP contribution >= 0.6 is 0 Å². The highest BCUT2D eigenvalue weighted by Gasteiger charge is 2.31. The number of benzene rings is 1. The Morgan fingerprint density at radius 3 is 2.84 bits per heavy atom. The molecule has 1 heterocycles. The van der Waals surface area contributed by atoms with Crippen molar-refractivity contribution in [3.8, 4) is 0 Å². The van der Waals surface area contributed by atoms with E-state index in [2.05, 4.69) is 0 Å². The lowest BCUT2D eigenvalue weighted by molar-refractivity contribution is -0.120. The predicted molar refractivity (Wildman–Crippen MR) is 74.9 cm³/mol. The molecule has 1 aromatic rings. The number of hydrogen-bond donors (Lipinski definition) is 3. The first-order valence-electron chi connectivity index (χ1n) is 6.64. The number of para-hydroxylation sites is 1. The molecular formula is C14H21N3O2. The van der Waals surface area contributed by atoms with E-state index in [1.54, 1.807) is 4.90 Å². The van der Waals surface area contributed by atoms with Gasteiger partial charge in [-0.2, -0.15) is 0 Å². The molecule has 1 aliphatic heterocycles. The fraction of sp³-hybridized carbons (Fsp3) is 0.500. The average molecular weight is 263 g/mol. The molecule has 0 aliphatic carbocycles. The minimum absolute atomic E-state index is 0.0696. The summed E-state index contributed by atoms with van der Waals surface area (Å²) < 4.78 is 0. The van der Waals surface area contributed by atoms with Gasteiger partial charge in [0.05, 0.1) is 12.5 Å². The van der Waals surface area contributed by atoms with Crippen molar-refractivity contribution in [3.63, 3.8) is 0 Å². The van der Waals surface area contributed by atoms with E-state index in [0.29, 0.717) is 19.0 Å².